The molecule has 3 heterocycles. The van der Waals surface area contributed by atoms with Gasteiger partial charge in [-0.05, 0) is 18.1 Å². The molecule has 0 atom stereocenters. The van der Waals surface area contributed by atoms with Gasteiger partial charge < -0.3 is 4.98 Å². The molecule has 0 aliphatic carbocycles. The van der Waals surface area contributed by atoms with Gasteiger partial charge in [0.1, 0.15) is 5.65 Å². The van der Waals surface area contributed by atoms with Crippen molar-refractivity contribution in [1.82, 2.24) is 15.0 Å². The fourth-order valence-corrected chi connectivity index (χ4v) is 2.96. The summed E-state index contributed by atoms with van der Waals surface area (Å²) in [5, 5.41) is 5.80. The number of aromatic nitrogens is 3. The Labute approximate surface area is 137 Å². The van der Waals surface area contributed by atoms with E-state index in [1.807, 2.05) is 37.6 Å². The van der Waals surface area contributed by atoms with Crippen LogP contribution in [-0.4, -0.2) is 26.6 Å². The molecule has 6 nitrogen and oxygen atoms in total. The van der Waals surface area contributed by atoms with Crippen molar-refractivity contribution in [3.8, 4) is 11.3 Å². The molecule has 0 aliphatic rings. The van der Waals surface area contributed by atoms with Gasteiger partial charge in [0.25, 0.3) is 5.91 Å². The molecule has 1 amide bonds. The first-order chi connectivity index (χ1) is 11.0. The van der Waals surface area contributed by atoms with E-state index < -0.39 is 11.7 Å². The summed E-state index contributed by atoms with van der Waals surface area (Å²) in [5.74, 6) is -0.882. The van der Waals surface area contributed by atoms with Crippen molar-refractivity contribution in [1.29, 1.82) is 0 Å². The van der Waals surface area contributed by atoms with Crippen LogP contribution in [0.5, 0.6) is 0 Å². The van der Waals surface area contributed by atoms with E-state index in [2.05, 4.69) is 20.3 Å². The fraction of sp³-hybridized carbons (Fsp3) is 0.250. The number of fused-ring (bicyclic) bond motifs is 1. The maximum atomic E-state index is 11.8. The van der Waals surface area contributed by atoms with Crippen LogP contribution >= 0.6 is 11.3 Å². The lowest BCUT2D eigenvalue weighted by molar-refractivity contribution is -0.135. The summed E-state index contributed by atoms with van der Waals surface area (Å²) in [5.41, 5.74) is 2.44. The molecule has 3 aromatic heterocycles. The molecule has 0 saturated carbocycles. The molecule has 0 fully saturated rings. The van der Waals surface area contributed by atoms with Crippen LogP contribution in [0.1, 0.15) is 20.3 Å². The van der Waals surface area contributed by atoms with Crippen LogP contribution in [0.4, 0.5) is 5.13 Å². The third-order valence-electron chi connectivity index (χ3n) is 3.30. The number of thiazole rings is 1. The van der Waals surface area contributed by atoms with Gasteiger partial charge in [0, 0.05) is 35.1 Å². The van der Waals surface area contributed by atoms with Crippen LogP contribution in [0.25, 0.3) is 22.3 Å². The Balaban J connectivity index is 1.78. The van der Waals surface area contributed by atoms with Gasteiger partial charge in [-0.2, -0.15) is 0 Å². The summed E-state index contributed by atoms with van der Waals surface area (Å²) >= 11 is 1.29. The van der Waals surface area contributed by atoms with E-state index in [4.69, 9.17) is 0 Å². The lowest BCUT2D eigenvalue weighted by Gasteiger charge is -2.03. The van der Waals surface area contributed by atoms with Crippen LogP contribution < -0.4 is 5.32 Å². The quantitative estimate of drug-likeness (QED) is 0.704. The molecule has 23 heavy (non-hydrogen) atoms. The number of rotatable bonds is 5. The number of carbonyl (C=O) groups is 2. The number of nitrogens with one attached hydrogen (secondary N) is 2. The SMILES string of the molecule is CC(C)CC(=O)C(=O)Nc1nc(-c2c[nH]c3ncccc23)cs1. The zero-order valence-electron chi connectivity index (χ0n) is 12.8. The van der Waals surface area contributed by atoms with E-state index in [-0.39, 0.29) is 12.3 Å². The predicted octanol–water partition coefficient (Wildman–Crippen LogP) is 3.24. The Morgan fingerprint density at radius 2 is 2.22 bits per heavy atom. The number of hydrogen-bond acceptors (Lipinski definition) is 5. The molecule has 0 unspecified atom stereocenters. The van der Waals surface area contributed by atoms with Gasteiger partial charge in [-0.25, -0.2) is 9.97 Å². The molecular weight excluding hydrogens is 312 g/mol. The molecule has 0 radical (unpaired) electrons. The minimum atomic E-state index is -0.611. The molecule has 3 rings (SSSR count). The number of Topliss-reactive ketones (excluding diaryl/α,β-unsaturated/α-hetero) is 1. The van der Waals surface area contributed by atoms with Gasteiger partial charge in [0.05, 0.1) is 5.69 Å². The van der Waals surface area contributed by atoms with E-state index in [0.717, 1.165) is 22.3 Å². The van der Waals surface area contributed by atoms with Gasteiger partial charge in [-0.3, -0.25) is 14.9 Å². The second kappa shape index (κ2) is 6.29. The lowest BCUT2D eigenvalue weighted by atomic mass is 10.1. The van der Waals surface area contributed by atoms with E-state index in [0.29, 0.717) is 5.13 Å². The summed E-state index contributed by atoms with van der Waals surface area (Å²) in [7, 11) is 0. The normalized spacial score (nSPS) is 11.1. The number of aromatic amines is 1. The Morgan fingerprint density at radius 1 is 1.39 bits per heavy atom. The van der Waals surface area contributed by atoms with E-state index in [1.165, 1.54) is 11.3 Å². The van der Waals surface area contributed by atoms with E-state index >= 15 is 0 Å². The van der Waals surface area contributed by atoms with Crippen LogP contribution in [0, 0.1) is 5.92 Å². The number of hydrogen-bond donors (Lipinski definition) is 2. The highest BCUT2D eigenvalue weighted by atomic mass is 32.1. The Kier molecular flexibility index (Phi) is 4.20. The molecular formula is C16H16N4O2S. The number of amides is 1. The average Bonchev–Trinajstić information content (AvgIpc) is 3.12. The number of nitrogens with zero attached hydrogens (tertiary/aromatic N) is 2. The minimum Gasteiger partial charge on any atom is -0.345 e. The lowest BCUT2D eigenvalue weighted by Crippen LogP contribution is -2.23. The van der Waals surface area contributed by atoms with Crippen molar-refractivity contribution in [2.24, 2.45) is 5.92 Å². The molecule has 2 N–H and O–H groups in total. The Morgan fingerprint density at radius 3 is 3.00 bits per heavy atom. The molecule has 0 bridgehead atoms. The Bertz CT molecular complexity index is 866. The smallest absolute Gasteiger partial charge is 0.293 e. The predicted molar refractivity (Wildman–Crippen MR) is 90.3 cm³/mol. The second-order valence-corrected chi connectivity index (χ2v) is 6.47. The highest BCUT2D eigenvalue weighted by molar-refractivity contribution is 7.14. The number of anilines is 1. The highest BCUT2D eigenvalue weighted by Gasteiger charge is 2.17. The zero-order valence-corrected chi connectivity index (χ0v) is 13.6. The molecule has 7 heteroatoms. The largest absolute Gasteiger partial charge is 0.345 e. The number of ketones is 1. The summed E-state index contributed by atoms with van der Waals surface area (Å²) < 4.78 is 0. The van der Waals surface area contributed by atoms with Gasteiger partial charge in [0.2, 0.25) is 5.78 Å². The molecule has 118 valence electrons. The second-order valence-electron chi connectivity index (χ2n) is 5.62. The van der Waals surface area contributed by atoms with Crippen molar-refractivity contribution in [2.75, 3.05) is 5.32 Å². The fourth-order valence-electron chi connectivity index (χ4n) is 2.25. The third kappa shape index (κ3) is 3.29. The molecule has 0 saturated heterocycles. The molecule has 3 aromatic rings. The van der Waals surface area contributed by atoms with Crippen molar-refractivity contribution >= 4 is 39.2 Å². The maximum absolute atomic E-state index is 11.8. The van der Waals surface area contributed by atoms with Crippen molar-refractivity contribution in [3.05, 3.63) is 29.9 Å². The van der Waals surface area contributed by atoms with Crippen molar-refractivity contribution in [2.45, 2.75) is 20.3 Å². The summed E-state index contributed by atoms with van der Waals surface area (Å²) in [6.45, 7) is 3.80. The van der Waals surface area contributed by atoms with E-state index in [9.17, 15) is 9.59 Å². The molecule has 0 aromatic carbocycles. The summed E-state index contributed by atoms with van der Waals surface area (Å²) in [6.07, 6.45) is 3.79. The summed E-state index contributed by atoms with van der Waals surface area (Å²) in [6, 6.07) is 3.82. The first-order valence-electron chi connectivity index (χ1n) is 7.26. The topological polar surface area (TPSA) is 87.7 Å². The van der Waals surface area contributed by atoms with Crippen molar-refractivity contribution < 1.29 is 9.59 Å². The first kappa shape index (κ1) is 15.4. The van der Waals surface area contributed by atoms with Crippen molar-refractivity contribution in [3.63, 3.8) is 0 Å². The molecule has 0 spiro atoms. The highest BCUT2D eigenvalue weighted by Crippen LogP contribution is 2.30. The Hall–Kier alpha value is -2.54. The van der Waals surface area contributed by atoms with Crippen LogP contribution in [0.2, 0.25) is 0 Å². The minimum absolute atomic E-state index is 0.152. The number of carbonyl (C=O) groups excluding carboxylic acids is 2. The number of H-pyrrole nitrogens is 1. The van der Waals surface area contributed by atoms with Gasteiger partial charge >= 0.3 is 0 Å². The average molecular weight is 328 g/mol. The van der Waals surface area contributed by atoms with E-state index in [1.54, 1.807) is 6.20 Å². The van der Waals surface area contributed by atoms with Crippen LogP contribution in [0.3, 0.4) is 0 Å². The van der Waals surface area contributed by atoms with Gasteiger partial charge in [-0.1, -0.05) is 13.8 Å². The summed E-state index contributed by atoms with van der Waals surface area (Å²) in [4.78, 5) is 35.3. The van der Waals surface area contributed by atoms with Crippen LogP contribution in [-0.2, 0) is 9.59 Å². The molecule has 0 aliphatic heterocycles. The van der Waals surface area contributed by atoms with Gasteiger partial charge in [-0.15, -0.1) is 11.3 Å². The third-order valence-corrected chi connectivity index (χ3v) is 4.06. The number of pyridine rings is 1. The maximum Gasteiger partial charge on any atom is 0.293 e. The van der Waals surface area contributed by atoms with Gasteiger partial charge in [0.15, 0.2) is 5.13 Å². The first-order valence-corrected chi connectivity index (χ1v) is 8.14. The monoisotopic (exact) mass is 328 g/mol. The standard InChI is InChI=1S/C16H16N4O2S/c1-9(2)6-13(21)15(22)20-16-19-12(8-23-16)11-7-18-14-10(11)4-3-5-17-14/h3-5,7-9H,6H2,1-2H3,(H,17,18)(H,19,20,22). The zero-order chi connectivity index (χ0) is 16.4. The van der Waals surface area contributed by atoms with Crippen LogP contribution in [0.15, 0.2) is 29.9 Å².